The van der Waals surface area contributed by atoms with Gasteiger partial charge >= 0.3 is 6.09 Å². The Labute approximate surface area is 216 Å². The van der Waals surface area contributed by atoms with E-state index in [4.69, 9.17) is 14.2 Å². The van der Waals surface area contributed by atoms with Crippen molar-refractivity contribution in [2.45, 2.75) is 63.6 Å². The topological polar surface area (TPSA) is 120 Å². The maximum absolute atomic E-state index is 14.6. The summed E-state index contributed by atoms with van der Waals surface area (Å²) in [5.41, 5.74) is 0.522. The summed E-state index contributed by atoms with van der Waals surface area (Å²) < 4.78 is 55.4. The molecule has 1 aromatic carbocycles. The molecular formula is C25H33FN4O6S. The molecule has 2 unspecified atom stereocenters. The Morgan fingerprint density at radius 3 is 2.49 bits per heavy atom. The van der Waals surface area contributed by atoms with Gasteiger partial charge in [0.15, 0.2) is 9.84 Å². The Morgan fingerprint density at radius 2 is 1.89 bits per heavy atom. The highest BCUT2D eigenvalue weighted by Gasteiger charge is 2.43. The Bertz CT molecular complexity index is 1250. The minimum atomic E-state index is -3.53. The molecule has 3 heterocycles. The van der Waals surface area contributed by atoms with E-state index in [0.29, 0.717) is 49.9 Å². The first-order valence-electron chi connectivity index (χ1n) is 12.1. The van der Waals surface area contributed by atoms with Crippen LogP contribution >= 0.6 is 0 Å². The predicted octanol–water partition coefficient (Wildman–Crippen LogP) is 3.86. The van der Waals surface area contributed by atoms with Gasteiger partial charge in [-0.1, -0.05) is 20.8 Å². The van der Waals surface area contributed by atoms with Gasteiger partial charge in [-0.25, -0.2) is 27.6 Å². The monoisotopic (exact) mass is 536 g/mol. The maximum atomic E-state index is 14.6. The number of rotatable bonds is 6. The van der Waals surface area contributed by atoms with Crippen molar-refractivity contribution in [3.63, 3.8) is 0 Å². The number of carbonyl (C=O) groups is 1. The standard InChI is InChI=1S/C25H33FN4O6S/c1-15-22(29-21-7-6-19(10-20(21)26)37(5,32)33)27-14-28-23(15)36-18-8-16-11-34-12-17(9-18)30(16)24(31)35-13-25(2,3)4/h6-7,10,14,16-18H,8-9,11-13H2,1-5H3,(H,27,28,29). The third kappa shape index (κ3) is 6.48. The van der Waals surface area contributed by atoms with Crippen LogP contribution in [0.5, 0.6) is 5.88 Å². The fourth-order valence-corrected chi connectivity index (χ4v) is 5.04. The number of piperidine rings is 1. The number of carbonyl (C=O) groups excluding carboxylic acids is 1. The van der Waals surface area contributed by atoms with E-state index in [1.54, 1.807) is 11.8 Å². The van der Waals surface area contributed by atoms with E-state index >= 15 is 0 Å². The number of nitrogens with zero attached hydrogens (tertiary/aromatic N) is 3. The van der Waals surface area contributed by atoms with E-state index < -0.39 is 15.7 Å². The number of anilines is 2. The van der Waals surface area contributed by atoms with Crippen molar-refractivity contribution in [3.05, 3.63) is 35.9 Å². The van der Waals surface area contributed by atoms with Crippen LogP contribution in [0, 0.1) is 18.2 Å². The molecular weight excluding hydrogens is 503 g/mol. The second-order valence-electron chi connectivity index (χ2n) is 10.8. The van der Waals surface area contributed by atoms with Crippen LogP contribution in [-0.4, -0.2) is 73.6 Å². The molecule has 2 aliphatic heterocycles. The molecule has 2 aliphatic rings. The summed E-state index contributed by atoms with van der Waals surface area (Å²) in [5, 5.41) is 2.89. The minimum absolute atomic E-state index is 0.0777. The Hall–Kier alpha value is -2.99. The summed E-state index contributed by atoms with van der Waals surface area (Å²) >= 11 is 0. The highest BCUT2D eigenvalue weighted by atomic mass is 32.2. The molecule has 2 fully saturated rings. The van der Waals surface area contributed by atoms with Crippen molar-refractivity contribution < 1.29 is 31.8 Å². The van der Waals surface area contributed by atoms with E-state index in [2.05, 4.69) is 15.3 Å². The first kappa shape index (κ1) is 27.1. The van der Waals surface area contributed by atoms with Gasteiger partial charge in [-0.3, -0.25) is 4.90 Å². The molecule has 4 rings (SSSR count). The number of hydrogen-bond acceptors (Lipinski definition) is 9. The normalized spacial score (nSPS) is 21.9. The highest BCUT2D eigenvalue weighted by molar-refractivity contribution is 7.90. The van der Waals surface area contributed by atoms with Gasteiger partial charge in [-0.15, -0.1) is 0 Å². The zero-order valence-corrected chi connectivity index (χ0v) is 22.5. The van der Waals surface area contributed by atoms with Gasteiger partial charge in [0.2, 0.25) is 5.88 Å². The lowest BCUT2D eigenvalue weighted by Gasteiger charge is -2.47. The third-order valence-corrected chi connectivity index (χ3v) is 7.36. The number of fused-ring (bicyclic) bond motifs is 2. The van der Waals surface area contributed by atoms with Gasteiger partial charge < -0.3 is 19.5 Å². The summed E-state index contributed by atoms with van der Waals surface area (Å²) in [7, 11) is -3.53. The number of nitrogens with one attached hydrogen (secondary N) is 1. The van der Waals surface area contributed by atoms with Gasteiger partial charge in [0, 0.05) is 19.1 Å². The number of amides is 1. The second kappa shape index (κ2) is 10.4. The third-order valence-electron chi connectivity index (χ3n) is 6.25. The van der Waals surface area contributed by atoms with Crippen molar-refractivity contribution in [2.75, 3.05) is 31.4 Å². The van der Waals surface area contributed by atoms with Gasteiger partial charge in [-0.05, 0) is 30.5 Å². The number of ether oxygens (including phenoxy) is 3. The number of sulfone groups is 1. The molecule has 2 bridgehead atoms. The summed E-state index contributed by atoms with van der Waals surface area (Å²) in [6, 6.07) is 3.30. The van der Waals surface area contributed by atoms with Gasteiger partial charge in [0.1, 0.15) is 24.1 Å². The molecule has 12 heteroatoms. The molecule has 0 aliphatic carbocycles. The average molecular weight is 537 g/mol. The lowest BCUT2D eigenvalue weighted by molar-refractivity contribution is -0.0928. The zero-order chi connectivity index (χ0) is 27.0. The fraction of sp³-hybridized carbons (Fsp3) is 0.560. The Balaban J connectivity index is 1.45. The van der Waals surface area contributed by atoms with E-state index in [0.717, 1.165) is 12.3 Å². The SMILES string of the molecule is Cc1c(Nc2ccc(S(C)(=O)=O)cc2F)ncnc1OC1CC2COCC(C1)N2C(=O)OCC(C)(C)C. The van der Waals surface area contributed by atoms with E-state index in [1.807, 2.05) is 20.8 Å². The number of halogens is 1. The molecule has 37 heavy (non-hydrogen) atoms. The number of morpholine rings is 1. The molecule has 1 amide bonds. The summed E-state index contributed by atoms with van der Waals surface area (Å²) in [6.45, 7) is 8.92. The largest absolute Gasteiger partial charge is 0.474 e. The van der Waals surface area contributed by atoms with Crippen LogP contribution in [-0.2, 0) is 19.3 Å². The van der Waals surface area contributed by atoms with Gasteiger partial charge in [-0.2, -0.15) is 0 Å². The Kier molecular flexibility index (Phi) is 7.61. The molecule has 2 atom stereocenters. The molecule has 202 valence electrons. The first-order valence-corrected chi connectivity index (χ1v) is 14.0. The summed E-state index contributed by atoms with van der Waals surface area (Å²) in [4.78, 5) is 22.9. The van der Waals surface area contributed by atoms with Crippen LogP contribution < -0.4 is 10.1 Å². The van der Waals surface area contributed by atoms with E-state index in [9.17, 15) is 17.6 Å². The lowest BCUT2D eigenvalue weighted by Crippen LogP contribution is -2.61. The summed E-state index contributed by atoms with van der Waals surface area (Å²) in [5.74, 6) is -0.0388. The van der Waals surface area contributed by atoms with Gasteiger partial charge in [0.05, 0.1) is 48.1 Å². The van der Waals surface area contributed by atoms with Crippen molar-refractivity contribution in [1.82, 2.24) is 14.9 Å². The molecule has 0 radical (unpaired) electrons. The maximum Gasteiger partial charge on any atom is 0.410 e. The van der Waals surface area contributed by atoms with Crippen LogP contribution in [0.25, 0.3) is 0 Å². The predicted molar refractivity (Wildman–Crippen MR) is 134 cm³/mol. The first-order chi connectivity index (χ1) is 17.3. The highest BCUT2D eigenvalue weighted by Crippen LogP contribution is 2.33. The van der Waals surface area contributed by atoms with Gasteiger partial charge in [0.25, 0.3) is 0 Å². The number of benzene rings is 1. The molecule has 2 saturated heterocycles. The van der Waals surface area contributed by atoms with Crippen LogP contribution in [0.3, 0.4) is 0 Å². The van der Waals surface area contributed by atoms with Crippen LogP contribution in [0.1, 0.15) is 39.2 Å². The second-order valence-corrected chi connectivity index (χ2v) is 12.8. The van der Waals surface area contributed by atoms with Crippen molar-refractivity contribution in [1.29, 1.82) is 0 Å². The molecule has 1 N–H and O–H groups in total. The molecule has 1 aromatic heterocycles. The van der Waals surface area contributed by atoms with Crippen molar-refractivity contribution in [3.8, 4) is 5.88 Å². The average Bonchev–Trinajstić information content (AvgIpc) is 2.79. The molecule has 0 spiro atoms. The summed E-state index contributed by atoms with van der Waals surface area (Å²) in [6.07, 6.45) is 2.89. The lowest BCUT2D eigenvalue weighted by atomic mass is 9.92. The minimum Gasteiger partial charge on any atom is -0.474 e. The Morgan fingerprint density at radius 1 is 1.22 bits per heavy atom. The van der Waals surface area contributed by atoms with E-state index in [-0.39, 0.29) is 40.3 Å². The zero-order valence-electron chi connectivity index (χ0n) is 21.7. The molecule has 2 aromatic rings. The number of aromatic nitrogens is 2. The van der Waals surface area contributed by atoms with Crippen molar-refractivity contribution >= 4 is 27.4 Å². The fourth-order valence-electron chi connectivity index (χ4n) is 4.40. The number of hydrogen-bond donors (Lipinski definition) is 1. The quantitative estimate of drug-likeness (QED) is 0.587. The smallest absolute Gasteiger partial charge is 0.410 e. The van der Waals surface area contributed by atoms with Crippen LogP contribution in [0.4, 0.5) is 20.7 Å². The van der Waals surface area contributed by atoms with Crippen LogP contribution in [0.15, 0.2) is 29.4 Å². The van der Waals surface area contributed by atoms with Crippen LogP contribution in [0.2, 0.25) is 0 Å². The van der Waals surface area contributed by atoms with E-state index in [1.165, 1.54) is 18.5 Å². The molecule has 10 nitrogen and oxygen atoms in total. The van der Waals surface area contributed by atoms with Crippen molar-refractivity contribution in [2.24, 2.45) is 5.41 Å². The molecule has 0 saturated carbocycles.